The van der Waals surface area contributed by atoms with Crippen molar-refractivity contribution in [2.75, 3.05) is 31.5 Å². The van der Waals surface area contributed by atoms with E-state index < -0.39 is 0 Å². The van der Waals surface area contributed by atoms with Crippen LogP contribution >= 0.6 is 0 Å². The van der Waals surface area contributed by atoms with Crippen LogP contribution in [0.1, 0.15) is 12.8 Å². The molecule has 0 unspecified atom stereocenters. The second kappa shape index (κ2) is 4.46. The smallest absolute Gasteiger partial charge is 0.0726 e. The molecule has 14 heavy (non-hydrogen) atoms. The zero-order valence-electron chi connectivity index (χ0n) is 8.74. The number of nitrogens with one attached hydrogen (secondary N) is 1. The molecule has 2 rings (SSSR count). The van der Waals surface area contributed by atoms with Crippen LogP contribution in [-0.4, -0.2) is 40.9 Å². The molecule has 0 aliphatic carbocycles. The van der Waals surface area contributed by atoms with Crippen molar-refractivity contribution >= 4 is 5.69 Å². The van der Waals surface area contributed by atoms with Gasteiger partial charge in [0.2, 0.25) is 0 Å². The van der Waals surface area contributed by atoms with Gasteiger partial charge in [-0.2, -0.15) is 5.10 Å². The second-order valence-corrected chi connectivity index (χ2v) is 3.88. The molecule has 1 aliphatic heterocycles. The summed E-state index contributed by atoms with van der Waals surface area (Å²) in [6.07, 6.45) is 6.60. The predicted molar refractivity (Wildman–Crippen MR) is 57.4 cm³/mol. The normalized spacial score (nSPS) is 17.5. The maximum absolute atomic E-state index is 4.11. The van der Waals surface area contributed by atoms with Crippen molar-refractivity contribution in [2.45, 2.75) is 12.8 Å². The fraction of sp³-hybridized carbons (Fsp3) is 0.700. The Morgan fingerprint density at radius 2 is 2.21 bits per heavy atom. The first-order valence-corrected chi connectivity index (χ1v) is 5.29. The van der Waals surface area contributed by atoms with Gasteiger partial charge in [-0.3, -0.25) is 4.68 Å². The number of aromatic nitrogens is 2. The predicted octanol–water partition coefficient (Wildman–Crippen LogP) is 0.928. The van der Waals surface area contributed by atoms with Gasteiger partial charge in [-0.05, 0) is 25.9 Å². The Hall–Kier alpha value is -1.03. The number of rotatable bonds is 4. The molecular formula is C10H18N4. The van der Waals surface area contributed by atoms with Crippen LogP contribution in [0, 0.1) is 0 Å². The Morgan fingerprint density at radius 1 is 1.43 bits per heavy atom. The van der Waals surface area contributed by atoms with E-state index in [1.54, 1.807) is 0 Å². The highest BCUT2D eigenvalue weighted by atomic mass is 15.3. The summed E-state index contributed by atoms with van der Waals surface area (Å²) in [6, 6.07) is 0. The van der Waals surface area contributed by atoms with Crippen molar-refractivity contribution in [2.24, 2.45) is 7.05 Å². The van der Waals surface area contributed by atoms with Crippen LogP contribution in [0.5, 0.6) is 0 Å². The van der Waals surface area contributed by atoms with E-state index in [0.717, 1.165) is 18.8 Å². The summed E-state index contributed by atoms with van der Waals surface area (Å²) in [6.45, 7) is 4.71. The highest BCUT2D eigenvalue weighted by Crippen LogP contribution is 2.07. The van der Waals surface area contributed by atoms with Crippen LogP contribution in [0.4, 0.5) is 5.69 Å². The van der Waals surface area contributed by atoms with Crippen molar-refractivity contribution in [1.82, 2.24) is 14.7 Å². The number of aryl methyl sites for hydroxylation is 1. The van der Waals surface area contributed by atoms with Crippen molar-refractivity contribution in [3.05, 3.63) is 12.4 Å². The summed E-state index contributed by atoms with van der Waals surface area (Å²) in [5.41, 5.74) is 1.12. The maximum atomic E-state index is 4.11. The van der Waals surface area contributed by atoms with Gasteiger partial charge in [-0.25, -0.2) is 0 Å². The van der Waals surface area contributed by atoms with Crippen LogP contribution in [0.2, 0.25) is 0 Å². The molecule has 78 valence electrons. The highest BCUT2D eigenvalue weighted by Gasteiger charge is 2.10. The van der Waals surface area contributed by atoms with Gasteiger partial charge in [0, 0.05) is 26.3 Å². The summed E-state index contributed by atoms with van der Waals surface area (Å²) >= 11 is 0. The summed E-state index contributed by atoms with van der Waals surface area (Å²) < 4.78 is 1.82. The lowest BCUT2D eigenvalue weighted by Gasteiger charge is -2.14. The molecule has 0 spiro atoms. The van der Waals surface area contributed by atoms with E-state index in [4.69, 9.17) is 0 Å². The lowest BCUT2D eigenvalue weighted by atomic mass is 10.4. The summed E-state index contributed by atoms with van der Waals surface area (Å²) in [5, 5.41) is 7.47. The molecule has 1 saturated heterocycles. The van der Waals surface area contributed by atoms with E-state index >= 15 is 0 Å². The molecule has 1 N–H and O–H groups in total. The zero-order valence-corrected chi connectivity index (χ0v) is 8.74. The Bertz CT molecular complexity index is 275. The quantitative estimate of drug-likeness (QED) is 0.774. The van der Waals surface area contributed by atoms with E-state index in [0.29, 0.717) is 0 Å². The van der Waals surface area contributed by atoms with Crippen molar-refractivity contribution in [3.63, 3.8) is 0 Å². The van der Waals surface area contributed by atoms with Crippen molar-refractivity contribution < 1.29 is 0 Å². The van der Waals surface area contributed by atoms with Gasteiger partial charge in [0.05, 0.1) is 11.9 Å². The van der Waals surface area contributed by atoms with Crippen molar-refractivity contribution in [1.29, 1.82) is 0 Å². The van der Waals surface area contributed by atoms with Crippen LogP contribution in [0.25, 0.3) is 0 Å². The second-order valence-electron chi connectivity index (χ2n) is 3.88. The van der Waals surface area contributed by atoms with Crippen LogP contribution in [-0.2, 0) is 7.05 Å². The van der Waals surface area contributed by atoms with Gasteiger partial charge >= 0.3 is 0 Å². The van der Waals surface area contributed by atoms with Crippen LogP contribution in [0.15, 0.2) is 12.4 Å². The third-order valence-electron chi connectivity index (χ3n) is 2.66. The molecule has 2 heterocycles. The molecule has 1 aromatic heterocycles. The lowest BCUT2D eigenvalue weighted by Crippen LogP contribution is -2.25. The summed E-state index contributed by atoms with van der Waals surface area (Å²) in [4.78, 5) is 2.50. The van der Waals surface area contributed by atoms with E-state index in [1.807, 2.05) is 24.1 Å². The third kappa shape index (κ3) is 2.48. The molecule has 0 amide bonds. The molecule has 1 aromatic rings. The Morgan fingerprint density at radius 3 is 2.86 bits per heavy atom. The average Bonchev–Trinajstić information content (AvgIpc) is 2.77. The van der Waals surface area contributed by atoms with E-state index in [2.05, 4.69) is 15.3 Å². The van der Waals surface area contributed by atoms with E-state index in [-0.39, 0.29) is 0 Å². The molecule has 0 atom stereocenters. The Labute approximate surface area is 84.9 Å². The van der Waals surface area contributed by atoms with Gasteiger partial charge in [0.1, 0.15) is 0 Å². The number of hydrogen-bond acceptors (Lipinski definition) is 3. The number of anilines is 1. The topological polar surface area (TPSA) is 33.1 Å². The standard InChI is InChI=1S/C10H18N4/c1-13-9-10(8-12-13)11-4-7-14-5-2-3-6-14/h8-9,11H,2-7H2,1H3. The average molecular weight is 194 g/mol. The maximum Gasteiger partial charge on any atom is 0.0726 e. The minimum absolute atomic E-state index is 1.02. The first-order chi connectivity index (χ1) is 6.84. The minimum Gasteiger partial charge on any atom is -0.381 e. The molecule has 4 heteroatoms. The molecular weight excluding hydrogens is 176 g/mol. The van der Waals surface area contributed by atoms with Crippen molar-refractivity contribution in [3.8, 4) is 0 Å². The highest BCUT2D eigenvalue weighted by molar-refractivity contribution is 5.37. The zero-order chi connectivity index (χ0) is 9.80. The first kappa shape index (κ1) is 9.52. The monoisotopic (exact) mass is 194 g/mol. The fourth-order valence-corrected chi connectivity index (χ4v) is 1.88. The van der Waals surface area contributed by atoms with Gasteiger partial charge < -0.3 is 10.2 Å². The van der Waals surface area contributed by atoms with E-state index in [1.165, 1.54) is 25.9 Å². The van der Waals surface area contributed by atoms with Gasteiger partial charge in [-0.1, -0.05) is 0 Å². The number of hydrogen-bond donors (Lipinski definition) is 1. The Balaban J connectivity index is 1.67. The van der Waals surface area contributed by atoms with Gasteiger partial charge in [0.25, 0.3) is 0 Å². The van der Waals surface area contributed by atoms with Crippen LogP contribution < -0.4 is 5.32 Å². The number of likely N-dealkylation sites (tertiary alicyclic amines) is 1. The number of nitrogens with zero attached hydrogens (tertiary/aromatic N) is 3. The Kier molecular flexibility index (Phi) is 3.03. The van der Waals surface area contributed by atoms with E-state index in [9.17, 15) is 0 Å². The molecule has 1 fully saturated rings. The SMILES string of the molecule is Cn1cc(NCCN2CCCC2)cn1. The van der Waals surface area contributed by atoms with Gasteiger partial charge in [0.15, 0.2) is 0 Å². The molecule has 0 aromatic carbocycles. The molecule has 0 saturated carbocycles. The molecule has 4 nitrogen and oxygen atoms in total. The minimum atomic E-state index is 1.02. The largest absolute Gasteiger partial charge is 0.381 e. The van der Waals surface area contributed by atoms with Crippen LogP contribution in [0.3, 0.4) is 0 Å². The fourth-order valence-electron chi connectivity index (χ4n) is 1.88. The van der Waals surface area contributed by atoms with Gasteiger partial charge in [-0.15, -0.1) is 0 Å². The first-order valence-electron chi connectivity index (χ1n) is 5.29. The summed E-state index contributed by atoms with van der Waals surface area (Å²) in [5.74, 6) is 0. The third-order valence-corrected chi connectivity index (χ3v) is 2.66. The molecule has 1 aliphatic rings. The molecule has 0 radical (unpaired) electrons. The molecule has 0 bridgehead atoms. The lowest BCUT2D eigenvalue weighted by molar-refractivity contribution is 0.352. The summed E-state index contributed by atoms with van der Waals surface area (Å²) in [7, 11) is 1.94.